The summed E-state index contributed by atoms with van der Waals surface area (Å²) in [5.41, 5.74) is 0. The lowest BCUT2D eigenvalue weighted by Gasteiger charge is -2.41. The van der Waals surface area contributed by atoms with Crippen LogP contribution >= 0.6 is 0 Å². The molecular weight excluding hydrogens is 220 g/mol. The van der Waals surface area contributed by atoms with Gasteiger partial charge in [-0.2, -0.15) is 0 Å². The second-order valence-corrected chi connectivity index (χ2v) is 4.87. The molecule has 2 unspecified atom stereocenters. The number of hydrogen-bond donors (Lipinski definition) is 1. The quantitative estimate of drug-likeness (QED) is 0.797. The number of carbonyl (C=O) groups excluding carboxylic acids is 1. The smallest absolute Gasteiger partial charge is 0.320 e. The van der Waals surface area contributed by atoms with Crippen LogP contribution in [0.2, 0.25) is 0 Å². The van der Waals surface area contributed by atoms with Gasteiger partial charge in [0, 0.05) is 32.6 Å². The number of aliphatic carboxylic acids is 1. The van der Waals surface area contributed by atoms with Crippen LogP contribution in [-0.2, 0) is 4.79 Å². The first kappa shape index (κ1) is 13.8. The van der Waals surface area contributed by atoms with E-state index in [1.807, 2.05) is 11.8 Å². The Morgan fingerprint density at radius 1 is 1.53 bits per heavy atom. The summed E-state index contributed by atoms with van der Waals surface area (Å²) in [4.78, 5) is 26.1. The second-order valence-electron chi connectivity index (χ2n) is 4.87. The maximum absolute atomic E-state index is 11.9. The van der Waals surface area contributed by atoms with E-state index in [1.54, 1.807) is 11.9 Å². The summed E-state index contributed by atoms with van der Waals surface area (Å²) in [5.74, 6) is -0.498. The number of urea groups is 1. The fourth-order valence-electron chi connectivity index (χ4n) is 2.20. The van der Waals surface area contributed by atoms with Crippen LogP contribution in [0.5, 0.6) is 0 Å². The minimum Gasteiger partial charge on any atom is -0.481 e. The normalized spacial score (nSPS) is 22.8. The maximum Gasteiger partial charge on any atom is 0.320 e. The molecule has 0 spiro atoms. The molecule has 0 radical (unpaired) electrons. The molecule has 1 rings (SSSR count). The molecule has 5 heteroatoms. The summed E-state index contributed by atoms with van der Waals surface area (Å²) in [7, 11) is 1.78. The van der Waals surface area contributed by atoms with Crippen molar-refractivity contribution in [1.82, 2.24) is 9.80 Å². The van der Waals surface area contributed by atoms with Gasteiger partial charge in [-0.05, 0) is 25.7 Å². The van der Waals surface area contributed by atoms with Gasteiger partial charge in [0.2, 0.25) is 0 Å². The fraction of sp³-hybridized carbons (Fsp3) is 0.833. The van der Waals surface area contributed by atoms with Crippen LogP contribution in [0, 0.1) is 5.92 Å². The zero-order valence-electron chi connectivity index (χ0n) is 10.8. The van der Waals surface area contributed by atoms with E-state index < -0.39 is 5.97 Å². The maximum atomic E-state index is 11.9. The Morgan fingerprint density at radius 3 is 2.71 bits per heavy atom. The Balaban J connectivity index is 2.60. The summed E-state index contributed by atoms with van der Waals surface area (Å²) in [5, 5.41) is 8.69. The van der Waals surface area contributed by atoms with Crippen molar-refractivity contribution in [3.05, 3.63) is 0 Å². The van der Waals surface area contributed by atoms with Crippen LogP contribution in [0.1, 0.15) is 33.1 Å². The SMILES string of the molecule is CCC(C)N1CC(CCC(=O)O)CN(C)C1=O. The average molecular weight is 242 g/mol. The lowest BCUT2D eigenvalue weighted by atomic mass is 9.99. The minimum atomic E-state index is -0.764. The Morgan fingerprint density at radius 2 is 2.18 bits per heavy atom. The third kappa shape index (κ3) is 3.61. The van der Waals surface area contributed by atoms with E-state index in [9.17, 15) is 9.59 Å². The van der Waals surface area contributed by atoms with Crippen molar-refractivity contribution in [3.63, 3.8) is 0 Å². The standard InChI is InChI=1S/C12H22N2O3/c1-4-9(2)14-8-10(5-6-11(15)16)7-13(3)12(14)17/h9-10H,4-8H2,1-3H3,(H,15,16). The molecule has 1 aliphatic heterocycles. The molecule has 98 valence electrons. The van der Waals surface area contributed by atoms with Crippen LogP contribution in [0.4, 0.5) is 4.79 Å². The largest absolute Gasteiger partial charge is 0.481 e. The number of carboxylic acid groups (broad SMARTS) is 1. The minimum absolute atomic E-state index is 0.0610. The van der Waals surface area contributed by atoms with Gasteiger partial charge in [-0.25, -0.2) is 4.79 Å². The summed E-state index contributed by atoms with van der Waals surface area (Å²) >= 11 is 0. The monoisotopic (exact) mass is 242 g/mol. The molecule has 0 saturated carbocycles. The highest BCUT2D eigenvalue weighted by atomic mass is 16.4. The molecule has 0 aromatic carbocycles. The third-order valence-electron chi connectivity index (χ3n) is 3.45. The molecule has 1 fully saturated rings. The summed E-state index contributed by atoms with van der Waals surface area (Å²) in [6.07, 6.45) is 1.74. The molecule has 1 heterocycles. The summed E-state index contributed by atoms with van der Waals surface area (Å²) < 4.78 is 0. The van der Waals surface area contributed by atoms with Crippen molar-refractivity contribution >= 4 is 12.0 Å². The summed E-state index contributed by atoms with van der Waals surface area (Å²) in [6, 6.07) is 0.281. The van der Waals surface area contributed by atoms with Crippen LogP contribution in [0.25, 0.3) is 0 Å². The number of carboxylic acids is 1. The van der Waals surface area contributed by atoms with E-state index in [4.69, 9.17) is 5.11 Å². The van der Waals surface area contributed by atoms with Crippen LogP contribution in [0.3, 0.4) is 0 Å². The molecule has 17 heavy (non-hydrogen) atoms. The van der Waals surface area contributed by atoms with Crippen molar-refractivity contribution in [1.29, 1.82) is 0 Å². The Bertz CT molecular complexity index is 293. The first-order chi connectivity index (χ1) is 7.95. The van der Waals surface area contributed by atoms with E-state index in [0.29, 0.717) is 19.5 Å². The Kier molecular flexibility index (Phi) is 4.78. The molecule has 1 aliphatic rings. The summed E-state index contributed by atoms with van der Waals surface area (Å²) in [6.45, 7) is 5.44. The van der Waals surface area contributed by atoms with Gasteiger partial charge in [0.25, 0.3) is 0 Å². The Hall–Kier alpha value is -1.26. The van der Waals surface area contributed by atoms with E-state index in [2.05, 4.69) is 6.92 Å². The first-order valence-electron chi connectivity index (χ1n) is 6.19. The molecule has 0 aliphatic carbocycles. The Labute approximate surface area is 102 Å². The van der Waals surface area contributed by atoms with E-state index >= 15 is 0 Å². The molecule has 1 saturated heterocycles. The predicted octanol–water partition coefficient (Wildman–Crippen LogP) is 1.63. The van der Waals surface area contributed by atoms with Crippen molar-refractivity contribution in [2.75, 3.05) is 20.1 Å². The van der Waals surface area contributed by atoms with E-state index in [0.717, 1.165) is 6.42 Å². The first-order valence-corrected chi connectivity index (χ1v) is 6.19. The van der Waals surface area contributed by atoms with Gasteiger partial charge in [-0.1, -0.05) is 6.92 Å². The van der Waals surface area contributed by atoms with Gasteiger partial charge in [0.1, 0.15) is 0 Å². The van der Waals surface area contributed by atoms with Gasteiger partial charge in [0.05, 0.1) is 0 Å². The van der Waals surface area contributed by atoms with Gasteiger partial charge >= 0.3 is 12.0 Å². The molecular formula is C12H22N2O3. The molecule has 0 aromatic rings. The van der Waals surface area contributed by atoms with Crippen molar-refractivity contribution in [3.8, 4) is 0 Å². The van der Waals surface area contributed by atoms with Gasteiger partial charge in [-0.15, -0.1) is 0 Å². The average Bonchev–Trinajstić information content (AvgIpc) is 2.29. The number of hydrogen-bond acceptors (Lipinski definition) is 2. The zero-order valence-corrected chi connectivity index (χ0v) is 10.8. The van der Waals surface area contributed by atoms with E-state index in [-0.39, 0.29) is 24.4 Å². The number of amides is 2. The fourth-order valence-corrected chi connectivity index (χ4v) is 2.20. The number of nitrogens with zero attached hydrogens (tertiary/aromatic N) is 2. The predicted molar refractivity (Wildman–Crippen MR) is 64.8 cm³/mol. The van der Waals surface area contributed by atoms with Crippen LogP contribution in [-0.4, -0.2) is 53.1 Å². The molecule has 2 amide bonds. The van der Waals surface area contributed by atoms with E-state index in [1.165, 1.54) is 0 Å². The zero-order chi connectivity index (χ0) is 13.0. The van der Waals surface area contributed by atoms with Crippen molar-refractivity contribution in [2.24, 2.45) is 5.92 Å². The highest BCUT2D eigenvalue weighted by molar-refractivity contribution is 5.75. The van der Waals surface area contributed by atoms with Crippen molar-refractivity contribution in [2.45, 2.75) is 39.2 Å². The number of rotatable bonds is 5. The number of carbonyl (C=O) groups is 2. The van der Waals surface area contributed by atoms with Gasteiger partial charge in [0.15, 0.2) is 0 Å². The van der Waals surface area contributed by atoms with Crippen LogP contribution in [0.15, 0.2) is 0 Å². The van der Waals surface area contributed by atoms with Crippen LogP contribution < -0.4 is 0 Å². The highest BCUT2D eigenvalue weighted by Crippen LogP contribution is 2.20. The molecule has 1 N–H and O–H groups in total. The third-order valence-corrected chi connectivity index (χ3v) is 3.45. The highest BCUT2D eigenvalue weighted by Gasteiger charge is 2.31. The van der Waals surface area contributed by atoms with Crippen molar-refractivity contribution < 1.29 is 14.7 Å². The molecule has 0 bridgehead atoms. The molecule has 2 atom stereocenters. The lowest BCUT2D eigenvalue weighted by molar-refractivity contribution is -0.137. The van der Waals surface area contributed by atoms with Gasteiger partial charge < -0.3 is 14.9 Å². The second kappa shape index (κ2) is 5.89. The van der Waals surface area contributed by atoms with Gasteiger partial charge in [-0.3, -0.25) is 4.79 Å². The molecule has 5 nitrogen and oxygen atoms in total. The topological polar surface area (TPSA) is 60.9 Å². The lowest BCUT2D eigenvalue weighted by Crippen LogP contribution is -2.54. The molecule has 0 aromatic heterocycles.